The number of hydrogen-bond acceptors (Lipinski definition) is 0. The Morgan fingerprint density at radius 3 is 1.24 bits per heavy atom. The predicted molar refractivity (Wildman–Crippen MR) is 163 cm³/mol. The SMILES string of the molecule is CC1=C([Si](C)(C)C2=C(C)Cc3cccc(-c4ccc(C)cc4)c32)c2c(cccc2-c2ccc(C)cc2)C1. The topological polar surface area (TPSA) is 0 Å². The lowest BCUT2D eigenvalue weighted by Gasteiger charge is -2.32. The van der Waals surface area contributed by atoms with Crippen molar-refractivity contribution in [3.05, 3.63) is 129 Å². The Morgan fingerprint density at radius 1 is 0.486 bits per heavy atom. The molecule has 2 aliphatic carbocycles. The summed E-state index contributed by atoms with van der Waals surface area (Å²) in [6.45, 7) is 14.3. The molecule has 0 unspecified atom stereocenters. The van der Waals surface area contributed by atoms with Crippen LogP contribution in [0.15, 0.2) is 96.1 Å². The van der Waals surface area contributed by atoms with Gasteiger partial charge in [-0.05, 0) is 95.4 Å². The van der Waals surface area contributed by atoms with Gasteiger partial charge >= 0.3 is 0 Å². The van der Waals surface area contributed by atoms with Crippen molar-refractivity contribution in [1.29, 1.82) is 0 Å². The van der Waals surface area contributed by atoms with E-state index in [1.165, 1.54) is 55.6 Å². The maximum Gasteiger partial charge on any atom is 0.113 e. The molecule has 2 aliphatic rings. The van der Waals surface area contributed by atoms with E-state index in [2.05, 4.69) is 126 Å². The Balaban J connectivity index is 1.54. The van der Waals surface area contributed by atoms with Gasteiger partial charge in [0.15, 0.2) is 0 Å². The molecular formula is C36H36Si. The van der Waals surface area contributed by atoms with Crippen LogP contribution in [0.1, 0.15) is 47.2 Å². The summed E-state index contributed by atoms with van der Waals surface area (Å²) in [6, 6.07) is 32.1. The second-order valence-corrected chi connectivity index (χ2v) is 16.0. The van der Waals surface area contributed by atoms with Gasteiger partial charge in [0.05, 0.1) is 0 Å². The summed E-state index contributed by atoms with van der Waals surface area (Å²) in [5.74, 6) is 0. The lowest BCUT2D eigenvalue weighted by molar-refractivity contribution is 1.19. The third kappa shape index (κ3) is 3.88. The van der Waals surface area contributed by atoms with Gasteiger partial charge in [-0.15, -0.1) is 0 Å². The van der Waals surface area contributed by atoms with E-state index in [0.29, 0.717) is 0 Å². The van der Waals surface area contributed by atoms with Crippen molar-refractivity contribution in [2.75, 3.05) is 0 Å². The fraction of sp³-hybridized carbons (Fsp3) is 0.222. The fourth-order valence-corrected chi connectivity index (χ4v) is 11.4. The van der Waals surface area contributed by atoms with Crippen molar-refractivity contribution >= 4 is 18.5 Å². The number of fused-ring (bicyclic) bond motifs is 2. The summed E-state index contributed by atoms with van der Waals surface area (Å²) in [4.78, 5) is 0. The van der Waals surface area contributed by atoms with Gasteiger partial charge < -0.3 is 0 Å². The van der Waals surface area contributed by atoms with E-state index < -0.39 is 8.07 Å². The van der Waals surface area contributed by atoms with Gasteiger partial charge in [0.25, 0.3) is 0 Å². The van der Waals surface area contributed by atoms with Crippen LogP contribution in [-0.4, -0.2) is 8.07 Å². The summed E-state index contributed by atoms with van der Waals surface area (Å²) in [6.07, 6.45) is 2.14. The molecule has 0 fully saturated rings. The van der Waals surface area contributed by atoms with E-state index in [0.717, 1.165) is 12.8 Å². The first-order valence-corrected chi connectivity index (χ1v) is 16.5. The van der Waals surface area contributed by atoms with Crippen LogP contribution in [0, 0.1) is 13.8 Å². The molecule has 37 heavy (non-hydrogen) atoms. The van der Waals surface area contributed by atoms with E-state index in [9.17, 15) is 0 Å². The summed E-state index contributed by atoms with van der Waals surface area (Å²) in [5, 5.41) is 3.30. The van der Waals surface area contributed by atoms with Crippen LogP contribution in [0.2, 0.25) is 13.1 Å². The molecule has 6 rings (SSSR count). The molecule has 0 nitrogen and oxygen atoms in total. The largest absolute Gasteiger partial charge is 0.113 e. The Kier molecular flexibility index (Phi) is 5.73. The van der Waals surface area contributed by atoms with Gasteiger partial charge in [-0.2, -0.15) is 0 Å². The molecule has 0 heterocycles. The Labute approximate surface area is 223 Å². The molecule has 184 valence electrons. The zero-order valence-electron chi connectivity index (χ0n) is 23.0. The van der Waals surface area contributed by atoms with Gasteiger partial charge in [0.1, 0.15) is 8.07 Å². The molecular weight excluding hydrogens is 460 g/mol. The lowest BCUT2D eigenvalue weighted by atomic mass is 9.96. The molecule has 0 saturated carbocycles. The standard InChI is InChI=1S/C36H36Si/c1-23-13-17-27(18-14-23)31-11-7-9-29-21-25(3)35(33(29)31)37(5,6)36-26(4)22-30-10-8-12-32(34(30)36)28-19-15-24(2)16-20-28/h7-20H,21-22H2,1-6H3. The fourth-order valence-electron chi connectivity index (χ4n) is 7.02. The molecule has 4 aromatic carbocycles. The van der Waals surface area contributed by atoms with Crippen molar-refractivity contribution in [3.8, 4) is 22.3 Å². The summed E-state index contributed by atoms with van der Waals surface area (Å²) < 4.78 is 0. The van der Waals surface area contributed by atoms with E-state index in [1.54, 1.807) is 21.5 Å². The van der Waals surface area contributed by atoms with Crippen molar-refractivity contribution in [1.82, 2.24) is 0 Å². The van der Waals surface area contributed by atoms with Crippen LogP contribution in [0.5, 0.6) is 0 Å². The van der Waals surface area contributed by atoms with E-state index in [4.69, 9.17) is 0 Å². The first kappa shape index (κ1) is 23.9. The zero-order chi connectivity index (χ0) is 25.9. The predicted octanol–water partition coefficient (Wildman–Crippen LogP) is 9.78. The maximum atomic E-state index is 2.60. The third-order valence-electron chi connectivity index (χ3n) is 8.54. The number of benzene rings is 4. The molecule has 0 spiro atoms. The van der Waals surface area contributed by atoms with Crippen molar-refractivity contribution < 1.29 is 0 Å². The van der Waals surface area contributed by atoms with Gasteiger partial charge in [0.2, 0.25) is 0 Å². The highest BCUT2D eigenvalue weighted by atomic mass is 28.3. The summed E-state index contributed by atoms with van der Waals surface area (Å²) in [5.41, 5.74) is 17.2. The highest BCUT2D eigenvalue weighted by Gasteiger charge is 2.42. The second kappa shape index (κ2) is 8.85. The highest BCUT2D eigenvalue weighted by Crippen LogP contribution is 2.52. The van der Waals surface area contributed by atoms with Gasteiger partial charge in [0, 0.05) is 0 Å². The number of allylic oxidation sites excluding steroid dienone is 2. The average Bonchev–Trinajstić information content (AvgIpc) is 3.41. The maximum absolute atomic E-state index is 2.60. The van der Waals surface area contributed by atoms with Crippen LogP contribution in [0.3, 0.4) is 0 Å². The number of hydrogen-bond donors (Lipinski definition) is 0. The molecule has 0 N–H and O–H groups in total. The molecule has 0 saturated heterocycles. The highest BCUT2D eigenvalue weighted by molar-refractivity contribution is 7.09. The zero-order valence-corrected chi connectivity index (χ0v) is 24.0. The minimum absolute atomic E-state index is 1.07. The Bertz CT molecular complexity index is 1470. The van der Waals surface area contributed by atoms with Crippen LogP contribution >= 0.6 is 0 Å². The number of rotatable bonds is 4. The normalized spacial score (nSPS) is 14.9. The van der Waals surface area contributed by atoms with Crippen LogP contribution in [-0.2, 0) is 12.8 Å². The molecule has 0 radical (unpaired) electrons. The number of aryl methyl sites for hydroxylation is 2. The van der Waals surface area contributed by atoms with Gasteiger partial charge in [-0.25, -0.2) is 0 Å². The smallest absolute Gasteiger partial charge is 0.0686 e. The average molecular weight is 497 g/mol. The first-order chi connectivity index (χ1) is 17.8. The lowest BCUT2D eigenvalue weighted by Crippen LogP contribution is -2.31. The van der Waals surface area contributed by atoms with E-state index >= 15 is 0 Å². The second-order valence-electron chi connectivity index (χ2n) is 11.7. The summed E-state index contributed by atoms with van der Waals surface area (Å²) >= 11 is 0. The van der Waals surface area contributed by atoms with Crippen molar-refractivity contribution in [2.45, 2.75) is 53.6 Å². The van der Waals surface area contributed by atoms with Gasteiger partial charge in [-0.1, -0.05) is 120 Å². The monoisotopic (exact) mass is 496 g/mol. The van der Waals surface area contributed by atoms with Gasteiger partial charge in [-0.3, -0.25) is 0 Å². The molecule has 4 aromatic rings. The summed E-state index contributed by atoms with van der Waals surface area (Å²) in [7, 11) is -2.06. The molecule has 0 bridgehead atoms. The van der Waals surface area contributed by atoms with E-state index in [1.807, 2.05) is 0 Å². The molecule has 0 amide bonds. The van der Waals surface area contributed by atoms with Crippen molar-refractivity contribution in [2.24, 2.45) is 0 Å². The van der Waals surface area contributed by atoms with Crippen LogP contribution in [0.4, 0.5) is 0 Å². The third-order valence-corrected chi connectivity index (χ3v) is 12.4. The van der Waals surface area contributed by atoms with Crippen LogP contribution < -0.4 is 0 Å². The quantitative estimate of drug-likeness (QED) is 0.247. The van der Waals surface area contributed by atoms with Crippen LogP contribution in [0.25, 0.3) is 32.6 Å². The minimum atomic E-state index is -2.06. The molecule has 0 aliphatic heterocycles. The first-order valence-electron chi connectivity index (χ1n) is 13.5. The van der Waals surface area contributed by atoms with Crippen molar-refractivity contribution in [3.63, 3.8) is 0 Å². The Hall–Kier alpha value is -3.42. The minimum Gasteiger partial charge on any atom is -0.0686 e. The Morgan fingerprint density at radius 2 is 0.865 bits per heavy atom. The molecule has 1 heteroatoms. The molecule has 0 atom stereocenters. The van der Waals surface area contributed by atoms with E-state index in [-0.39, 0.29) is 0 Å². The molecule has 0 aromatic heterocycles.